The van der Waals surface area contributed by atoms with Crippen LogP contribution in [0.4, 0.5) is 0 Å². The number of aryl methyl sites for hydroxylation is 1. The number of hydrogen-bond donors (Lipinski definition) is 2. The third-order valence-electron chi connectivity index (χ3n) is 2.98. The molecule has 0 atom stereocenters. The minimum Gasteiger partial charge on any atom is -0.385 e. The van der Waals surface area contributed by atoms with Crippen molar-refractivity contribution >= 4 is 5.96 Å². The van der Waals surface area contributed by atoms with E-state index in [0.717, 1.165) is 57.3 Å². The molecule has 0 saturated heterocycles. The van der Waals surface area contributed by atoms with E-state index in [1.165, 1.54) is 0 Å². The Morgan fingerprint density at radius 1 is 1.32 bits per heavy atom. The molecule has 1 aromatic heterocycles. The van der Waals surface area contributed by atoms with Gasteiger partial charge in [0.25, 0.3) is 0 Å². The van der Waals surface area contributed by atoms with E-state index in [-0.39, 0.29) is 0 Å². The summed E-state index contributed by atoms with van der Waals surface area (Å²) in [4.78, 5) is 8.89. The number of nitrogens with one attached hydrogen (secondary N) is 2. The molecule has 1 aromatic rings. The van der Waals surface area contributed by atoms with E-state index in [1.54, 1.807) is 7.11 Å². The smallest absolute Gasteiger partial charge is 0.226 e. The predicted octanol–water partition coefficient (Wildman–Crippen LogP) is 1.72. The highest BCUT2D eigenvalue weighted by Crippen LogP contribution is 2.10. The monoisotopic (exact) mass is 311 g/mol. The molecule has 22 heavy (non-hydrogen) atoms. The zero-order chi connectivity index (χ0) is 16.2. The summed E-state index contributed by atoms with van der Waals surface area (Å²) in [7, 11) is 1.71. The summed E-state index contributed by atoms with van der Waals surface area (Å²) in [5.41, 5.74) is 0. The lowest BCUT2D eigenvalue weighted by Gasteiger charge is -2.10. The first kappa shape index (κ1) is 18.4. The Kier molecular flexibility index (Phi) is 9.21. The summed E-state index contributed by atoms with van der Waals surface area (Å²) >= 11 is 0. The molecular weight excluding hydrogens is 282 g/mol. The Bertz CT molecular complexity index is 431. The second-order valence-corrected chi connectivity index (χ2v) is 5.34. The highest BCUT2D eigenvalue weighted by Gasteiger charge is 2.08. The van der Waals surface area contributed by atoms with Crippen molar-refractivity contribution in [2.24, 2.45) is 4.99 Å². The van der Waals surface area contributed by atoms with Crippen molar-refractivity contribution < 1.29 is 9.26 Å². The van der Waals surface area contributed by atoms with Crippen molar-refractivity contribution in [2.75, 3.05) is 33.4 Å². The van der Waals surface area contributed by atoms with Crippen molar-refractivity contribution in [2.45, 2.75) is 46.0 Å². The number of rotatable bonds is 10. The molecule has 0 radical (unpaired) electrons. The van der Waals surface area contributed by atoms with Crippen LogP contribution in [0.5, 0.6) is 0 Å². The summed E-state index contributed by atoms with van der Waals surface area (Å²) < 4.78 is 10.2. The molecule has 0 aromatic carbocycles. The van der Waals surface area contributed by atoms with Gasteiger partial charge < -0.3 is 19.9 Å². The fourth-order valence-electron chi connectivity index (χ4n) is 1.79. The molecule has 0 bridgehead atoms. The van der Waals surface area contributed by atoms with Gasteiger partial charge >= 0.3 is 0 Å². The summed E-state index contributed by atoms with van der Waals surface area (Å²) in [6, 6.07) is 0. The molecule has 0 fully saturated rings. The van der Waals surface area contributed by atoms with Crippen molar-refractivity contribution in [3.05, 3.63) is 11.7 Å². The molecular formula is C15H29N5O2. The summed E-state index contributed by atoms with van der Waals surface area (Å²) in [5.74, 6) is 2.60. The topological polar surface area (TPSA) is 84.6 Å². The average Bonchev–Trinajstić information content (AvgIpc) is 2.97. The summed E-state index contributed by atoms with van der Waals surface area (Å²) in [6.07, 6.45) is 2.60. The first-order valence-electron chi connectivity index (χ1n) is 8.01. The molecule has 1 heterocycles. The van der Waals surface area contributed by atoms with Crippen LogP contribution in [-0.2, 0) is 11.2 Å². The van der Waals surface area contributed by atoms with Gasteiger partial charge in [-0.05, 0) is 19.8 Å². The van der Waals surface area contributed by atoms with E-state index in [4.69, 9.17) is 9.26 Å². The maximum atomic E-state index is 5.22. The van der Waals surface area contributed by atoms with E-state index in [0.29, 0.717) is 11.8 Å². The van der Waals surface area contributed by atoms with Gasteiger partial charge in [-0.2, -0.15) is 4.98 Å². The van der Waals surface area contributed by atoms with Gasteiger partial charge in [-0.3, -0.25) is 4.99 Å². The molecule has 0 amide bonds. The molecule has 0 aliphatic heterocycles. The SMILES string of the molecule is CCNC(=NCCCc1nc(C(C)C)no1)NCCCOC. The Hall–Kier alpha value is -1.63. The lowest BCUT2D eigenvalue weighted by atomic mass is 10.2. The van der Waals surface area contributed by atoms with E-state index in [1.807, 2.05) is 0 Å². The Balaban J connectivity index is 2.29. The van der Waals surface area contributed by atoms with Crippen LogP contribution in [0.2, 0.25) is 0 Å². The van der Waals surface area contributed by atoms with Crippen LogP contribution >= 0.6 is 0 Å². The maximum absolute atomic E-state index is 5.22. The predicted molar refractivity (Wildman–Crippen MR) is 87.2 cm³/mol. The molecule has 0 saturated carbocycles. The molecule has 126 valence electrons. The number of nitrogens with zero attached hydrogens (tertiary/aromatic N) is 3. The van der Waals surface area contributed by atoms with Crippen LogP contribution in [0.1, 0.15) is 51.2 Å². The number of aromatic nitrogens is 2. The maximum Gasteiger partial charge on any atom is 0.226 e. The zero-order valence-corrected chi connectivity index (χ0v) is 14.2. The Labute approximate surface area is 132 Å². The lowest BCUT2D eigenvalue weighted by molar-refractivity contribution is 0.195. The molecule has 0 aliphatic rings. The molecule has 1 rings (SSSR count). The Morgan fingerprint density at radius 2 is 2.14 bits per heavy atom. The number of methoxy groups -OCH3 is 1. The number of ether oxygens (including phenoxy) is 1. The van der Waals surface area contributed by atoms with Crippen molar-refractivity contribution in [3.63, 3.8) is 0 Å². The first-order chi connectivity index (χ1) is 10.7. The largest absolute Gasteiger partial charge is 0.385 e. The van der Waals surface area contributed by atoms with Gasteiger partial charge in [0.05, 0.1) is 0 Å². The van der Waals surface area contributed by atoms with Crippen molar-refractivity contribution in [3.8, 4) is 0 Å². The highest BCUT2D eigenvalue weighted by atomic mass is 16.5. The molecule has 0 aliphatic carbocycles. The summed E-state index contributed by atoms with van der Waals surface area (Å²) in [5, 5.41) is 10.5. The summed E-state index contributed by atoms with van der Waals surface area (Å²) in [6.45, 7) is 9.32. The number of aliphatic imine (C=N–C) groups is 1. The van der Waals surface area contributed by atoms with Gasteiger partial charge in [-0.1, -0.05) is 19.0 Å². The molecule has 7 nitrogen and oxygen atoms in total. The van der Waals surface area contributed by atoms with Gasteiger partial charge in [0.1, 0.15) is 0 Å². The van der Waals surface area contributed by atoms with Crippen LogP contribution in [0, 0.1) is 0 Å². The molecule has 2 N–H and O–H groups in total. The third-order valence-corrected chi connectivity index (χ3v) is 2.98. The molecule has 7 heteroatoms. The van der Waals surface area contributed by atoms with Crippen LogP contribution < -0.4 is 10.6 Å². The van der Waals surface area contributed by atoms with E-state index in [9.17, 15) is 0 Å². The second kappa shape index (κ2) is 11.0. The van der Waals surface area contributed by atoms with Gasteiger partial charge in [0.15, 0.2) is 11.8 Å². The van der Waals surface area contributed by atoms with Gasteiger partial charge in [0.2, 0.25) is 5.89 Å². The first-order valence-corrected chi connectivity index (χ1v) is 8.01. The van der Waals surface area contributed by atoms with Crippen LogP contribution in [0.25, 0.3) is 0 Å². The lowest BCUT2D eigenvalue weighted by Crippen LogP contribution is -2.38. The minimum atomic E-state index is 0.298. The average molecular weight is 311 g/mol. The zero-order valence-electron chi connectivity index (χ0n) is 14.2. The molecule has 0 unspecified atom stereocenters. The number of guanidine groups is 1. The second-order valence-electron chi connectivity index (χ2n) is 5.34. The van der Waals surface area contributed by atoms with E-state index < -0.39 is 0 Å². The van der Waals surface area contributed by atoms with Gasteiger partial charge in [-0.25, -0.2) is 0 Å². The third kappa shape index (κ3) is 7.40. The highest BCUT2D eigenvalue weighted by molar-refractivity contribution is 5.79. The quantitative estimate of drug-likeness (QED) is 0.389. The van der Waals surface area contributed by atoms with E-state index >= 15 is 0 Å². The minimum absolute atomic E-state index is 0.298. The van der Waals surface area contributed by atoms with Crippen LogP contribution in [0.3, 0.4) is 0 Å². The van der Waals surface area contributed by atoms with Crippen LogP contribution in [-0.4, -0.2) is 49.5 Å². The van der Waals surface area contributed by atoms with Crippen molar-refractivity contribution in [1.29, 1.82) is 0 Å². The van der Waals surface area contributed by atoms with Crippen molar-refractivity contribution in [1.82, 2.24) is 20.8 Å². The van der Waals surface area contributed by atoms with Gasteiger partial charge in [0, 0.05) is 45.7 Å². The fraction of sp³-hybridized carbons (Fsp3) is 0.800. The van der Waals surface area contributed by atoms with Crippen LogP contribution in [0.15, 0.2) is 9.52 Å². The normalized spacial score (nSPS) is 12.0. The van der Waals surface area contributed by atoms with Gasteiger partial charge in [-0.15, -0.1) is 0 Å². The number of hydrogen-bond acceptors (Lipinski definition) is 5. The standard InChI is InChI=1S/C15H29N5O2/c1-5-16-15(18-10-7-11-21-4)17-9-6-8-13-19-14(12(2)3)20-22-13/h12H,5-11H2,1-4H3,(H2,16,17,18). The molecule has 0 spiro atoms. The Morgan fingerprint density at radius 3 is 2.77 bits per heavy atom. The fourth-order valence-corrected chi connectivity index (χ4v) is 1.79. The van der Waals surface area contributed by atoms with E-state index in [2.05, 4.69) is 46.5 Å².